The second kappa shape index (κ2) is 5.43. The molecule has 0 atom stereocenters. The average molecular weight is 261 g/mol. The Bertz CT molecular complexity index is 475. The number of hydrogen-bond acceptors (Lipinski definition) is 3. The number of carbonyl (C=O) groups is 2. The van der Waals surface area contributed by atoms with Crippen molar-refractivity contribution in [3.8, 4) is 0 Å². The summed E-state index contributed by atoms with van der Waals surface area (Å²) in [5.41, 5.74) is 0.958. The number of aryl methyl sites for hydroxylation is 1. The highest BCUT2D eigenvalue weighted by molar-refractivity contribution is 6.09. The van der Waals surface area contributed by atoms with Crippen LogP contribution in [0.25, 0.3) is 0 Å². The number of methoxy groups -OCH3 is 1. The van der Waals surface area contributed by atoms with Crippen molar-refractivity contribution in [3.05, 3.63) is 29.8 Å². The van der Waals surface area contributed by atoms with Crippen LogP contribution in [0.15, 0.2) is 24.3 Å². The SMILES string of the molecule is CCc1ccc(NC(=O)C2(C(=O)OC)CCC2)cc1. The molecule has 1 N–H and O–H groups in total. The first kappa shape index (κ1) is 13.6. The Morgan fingerprint density at radius 3 is 2.32 bits per heavy atom. The van der Waals surface area contributed by atoms with Crippen LogP contribution in [0.1, 0.15) is 31.7 Å². The van der Waals surface area contributed by atoms with Crippen molar-refractivity contribution in [3.63, 3.8) is 0 Å². The van der Waals surface area contributed by atoms with Crippen LogP contribution in [0.4, 0.5) is 5.69 Å². The van der Waals surface area contributed by atoms with Crippen LogP contribution in [0.2, 0.25) is 0 Å². The zero-order valence-electron chi connectivity index (χ0n) is 11.4. The van der Waals surface area contributed by atoms with Gasteiger partial charge in [-0.25, -0.2) is 0 Å². The van der Waals surface area contributed by atoms with Crippen LogP contribution in [-0.2, 0) is 20.7 Å². The summed E-state index contributed by atoms with van der Waals surface area (Å²) in [7, 11) is 1.33. The first-order chi connectivity index (χ1) is 9.12. The van der Waals surface area contributed by atoms with Gasteiger partial charge in [-0.2, -0.15) is 0 Å². The van der Waals surface area contributed by atoms with Crippen LogP contribution in [0.5, 0.6) is 0 Å². The van der Waals surface area contributed by atoms with E-state index in [2.05, 4.69) is 12.2 Å². The van der Waals surface area contributed by atoms with E-state index in [1.165, 1.54) is 12.7 Å². The van der Waals surface area contributed by atoms with Gasteiger partial charge in [-0.3, -0.25) is 9.59 Å². The third-order valence-electron chi connectivity index (χ3n) is 3.84. The molecule has 1 aromatic rings. The van der Waals surface area contributed by atoms with E-state index >= 15 is 0 Å². The van der Waals surface area contributed by atoms with Gasteiger partial charge < -0.3 is 10.1 Å². The number of anilines is 1. The minimum Gasteiger partial charge on any atom is -0.468 e. The molecule has 1 amide bonds. The Morgan fingerprint density at radius 2 is 1.89 bits per heavy atom. The number of amides is 1. The number of ether oxygens (including phenoxy) is 1. The summed E-state index contributed by atoms with van der Waals surface area (Å²) in [4.78, 5) is 24.0. The molecule has 1 aliphatic carbocycles. The molecule has 0 aliphatic heterocycles. The number of esters is 1. The van der Waals surface area contributed by atoms with E-state index in [0.717, 1.165) is 18.5 Å². The number of nitrogens with one attached hydrogen (secondary N) is 1. The van der Waals surface area contributed by atoms with Gasteiger partial charge in [-0.1, -0.05) is 25.5 Å². The minimum atomic E-state index is -0.974. The molecule has 0 aromatic heterocycles. The molecule has 102 valence electrons. The highest BCUT2D eigenvalue weighted by atomic mass is 16.5. The highest BCUT2D eigenvalue weighted by Gasteiger charge is 2.51. The maximum atomic E-state index is 12.3. The van der Waals surface area contributed by atoms with E-state index < -0.39 is 11.4 Å². The van der Waals surface area contributed by atoms with E-state index in [9.17, 15) is 9.59 Å². The van der Waals surface area contributed by atoms with Gasteiger partial charge >= 0.3 is 5.97 Å². The molecule has 0 unspecified atom stereocenters. The van der Waals surface area contributed by atoms with Crippen LogP contribution in [-0.4, -0.2) is 19.0 Å². The van der Waals surface area contributed by atoms with Gasteiger partial charge in [-0.15, -0.1) is 0 Å². The topological polar surface area (TPSA) is 55.4 Å². The van der Waals surface area contributed by atoms with E-state index in [1.807, 2.05) is 24.3 Å². The predicted octanol–water partition coefficient (Wildman–Crippen LogP) is 2.53. The largest absolute Gasteiger partial charge is 0.468 e. The smallest absolute Gasteiger partial charge is 0.321 e. The van der Waals surface area contributed by atoms with Gasteiger partial charge in [0, 0.05) is 5.69 Å². The summed E-state index contributed by atoms with van der Waals surface area (Å²) in [6.45, 7) is 2.08. The third-order valence-corrected chi connectivity index (χ3v) is 3.84. The standard InChI is InChI=1S/C15H19NO3/c1-3-11-5-7-12(8-6-11)16-13(17)15(9-4-10-15)14(18)19-2/h5-8H,3-4,9-10H2,1-2H3,(H,16,17). The predicted molar refractivity (Wildman–Crippen MR) is 72.7 cm³/mol. The van der Waals surface area contributed by atoms with Gasteiger partial charge in [0.05, 0.1) is 7.11 Å². The third kappa shape index (κ3) is 2.48. The lowest BCUT2D eigenvalue weighted by molar-refractivity contribution is -0.163. The van der Waals surface area contributed by atoms with Crippen molar-refractivity contribution >= 4 is 17.6 Å². The molecule has 1 fully saturated rings. The summed E-state index contributed by atoms with van der Waals surface area (Å²) in [5, 5.41) is 2.81. The fourth-order valence-electron chi connectivity index (χ4n) is 2.32. The summed E-state index contributed by atoms with van der Waals surface area (Å²) in [6, 6.07) is 7.67. The summed E-state index contributed by atoms with van der Waals surface area (Å²) >= 11 is 0. The van der Waals surface area contributed by atoms with Gasteiger partial charge in [0.2, 0.25) is 5.91 Å². The van der Waals surface area contributed by atoms with Gasteiger partial charge in [0.1, 0.15) is 5.41 Å². The van der Waals surface area contributed by atoms with E-state index in [0.29, 0.717) is 12.8 Å². The first-order valence-corrected chi connectivity index (χ1v) is 6.61. The van der Waals surface area contributed by atoms with Gasteiger partial charge in [0.25, 0.3) is 0 Å². The van der Waals surface area contributed by atoms with Crippen molar-refractivity contribution in [2.75, 3.05) is 12.4 Å². The monoisotopic (exact) mass is 261 g/mol. The molecule has 1 saturated carbocycles. The Labute approximate surface area is 113 Å². The Hall–Kier alpha value is -1.84. The zero-order valence-corrected chi connectivity index (χ0v) is 11.4. The maximum Gasteiger partial charge on any atom is 0.321 e. The normalized spacial score (nSPS) is 16.3. The van der Waals surface area contributed by atoms with Crippen molar-refractivity contribution in [1.29, 1.82) is 0 Å². The fourth-order valence-corrected chi connectivity index (χ4v) is 2.32. The summed E-state index contributed by atoms with van der Waals surface area (Å²) < 4.78 is 4.75. The molecule has 1 aromatic carbocycles. The summed E-state index contributed by atoms with van der Waals surface area (Å²) in [6.07, 6.45) is 2.98. The minimum absolute atomic E-state index is 0.255. The number of carbonyl (C=O) groups excluding carboxylic acids is 2. The van der Waals surface area contributed by atoms with Gasteiger partial charge in [-0.05, 0) is 37.0 Å². The van der Waals surface area contributed by atoms with Gasteiger partial charge in [0.15, 0.2) is 0 Å². The van der Waals surface area contributed by atoms with Crippen molar-refractivity contribution in [2.45, 2.75) is 32.6 Å². The number of rotatable bonds is 4. The van der Waals surface area contributed by atoms with Crippen molar-refractivity contribution < 1.29 is 14.3 Å². The molecule has 2 rings (SSSR count). The fraction of sp³-hybridized carbons (Fsp3) is 0.467. The quantitative estimate of drug-likeness (QED) is 0.669. The molecule has 0 heterocycles. The van der Waals surface area contributed by atoms with Crippen LogP contribution in [0.3, 0.4) is 0 Å². The van der Waals surface area contributed by atoms with E-state index in [1.54, 1.807) is 0 Å². The van der Waals surface area contributed by atoms with Crippen molar-refractivity contribution in [1.82, 2.24) is 0 Å². The number of benzene rings is 1. The molecular weight excluding hydrogens is 242 g/mol. The molecule has 0 saturated heterocycles. The number of hydrogen-bond donors (Lipinski definition) is 1. The second-order valence-corrected chi connectivity index (χ2v) is 4.93. The Kier molecular flexibility index (Phi) is 3.88. The maximum absolute atomic E-state index is 12.3. The molecule has 0 spiro atoms. The zero-order chi connectivity index (χ0) is 13.9. The second-order valence-electron chi connectivity index (χ2n) is 4.93. The molecular formula is C15H19NO3. The van der Waals surface area contributed by atoms with E-state index in [-0.39, 0.29) is 5.91 Å². The first-order valence-electron chi connectivity index (χ1n) is 6.61. The van der Waals surface area contributed by atoms with E-state index in [4.69, 9.17) is 4.74 Å². The van der Waals surface area contributed by atoms with Crippen LogP contribution >= 0.6 is 0 Å². The summed E-state index contributed by atoms with van der Waals surface area (Å²) in [5.74, 6) is -0.684. The molecule has 0 bridgehead atoms. The van der Waals surface area contributed by atoms with Crippen LogP contribution < -0.4 is 5.32 Å². The molecule has 4 nitrogen and oxygen atoms in total. The molecule has 4 heteroatoms. The Balaban J connectivity index is 2.09. The lowest BCUT2D eigenvalue weighted by atomic mass is 9.68. The Morgan fingerprint density at radius 1 is 1.26 bits per heavy atom. The molecule has 19 heavy (non-hydrogen) atoms. The van der Waals surface area contributed by atoms with Crippen molar-refractivity contribution in [2.24, 2.45) is 5.41 Å². The lowest BCUT2D eigenvalue weighted by Gasteiger charge is -2.36. The highest BCUT2D eigenvalue weighted by Crippen LogP contribution is 2.42. The average Bonchev–Trinajstić information content (AvgIpc) is 2.38. The molecule has 0 radical (unpaired) electrons. The lowest BCUT2D eigenvalue weighted by Crippen LogP contribution is -2.48. The van der Waals surface area contributed by atoms with Crippen LogP contribution in [0, 0.1) is 5.41 Å². The molecule has 1 aliphatic rings.